The first-order valence-corrected chi connectivity index (χ1v) is 43.2. The van der Waals surface area contributed by atoms with E-state index in [1.165, 1.54) is 289 Å². The molecule has 0 spiro atoms. The summed E-state index contributed by atoms with van der Waals surface area (Å²) in [6, 6.07) is -0.996. The molecule has 3 rings (SSSR count). The van der Waals surface area contributed by atoms with Gasteiger partial charge in [-0.15, -0.1) is 0 Å². The Kier molecular flexibility index (Phi) is 60.8. The van der Waals surface area contributed by atoms with Crippen molar-refractivity contribution in [2.75, 3.05) is 26.4 Å². The predicted octanol–water partition coefficient (Wildman–Crippen LogP) is 15.5. The Morgan fingerprint density at radius 2 is 0.615 bits per heavy atom. The fourth-order valence-electron chi connectivity index (χ4n) is 14.8. The Morgan fingerprint density at radius 1 is 0.337 bits per heavy atom. The maximum absolute atomic E-state index is 13.5. The lowest BCUT2D eigenvalue weighted by atomic mass is 9.96. The number of rotatable bonds is 70. The Hall–Kier alpha value is -1.99. The number of aliphatic hydroxyl groups is 11. The highest BCUT2D eigenvalue weighted by atomic mass is 16.8. The van der Waals surface area contributed by atoms with Crippen LogP contribution in [0.25, 0.3) is 0 Å². The number of nitrogens with one attached hydrogen (secondary N) is 1. The van der Waals surface area contributed by atoms with Gasteiger partial charge in [-0.2, -0.15) is 0 Å². The molecule has 0 aromatic rings. The van der Waals surface area contributed by atoms with Crippen molar-refractivity contribution in [1.29, 1.82) is 0 Å². The summed E-state index contributed by atoms with van der Waals surface area (Å²) in [7, 11) is 0. The Bertz CT molecular complexity index is 2020. The highest BCUT2D eigenvalue weighted by molar-refractivity contribution is 5.76. The molecule has 3 saturated heterocycles. The van der Waals surface area contributed by atoms with Crippen LogP contribution in [0.1, 0.15) is 367 Å². The lowest BCUT2D eigenvalue weighted by Crippen LogP contribution is -2.66. The number of carbonyl (C=O) groups excluding carboxylic acids is 1. The monoisotopic (exact) mass is 1480 g/mol. The summed E-state index contributed by atoms with van der Waals surface area (Å²) in [4.78, 5) is 13.5. The van der Waals surface area contributed by atoms with Crippen molar-refractivity contribution < 1.29 is 89.4 Å². The van der Waals surface area contributed by atoms with Crippen LogP contribution in [0.2, 0.25) is 0 Å². The molecular formula is C85H159NO18. The normalized spacial score (nSPS) is 26.0. The highest BCUT2D eigenvalue weighted by Crippen LogP contribution is 2.33. The number of hydrogen-bond donors (Lipinski definition) is 12. The van der Waals surface area contributed by atoms with E-state index in [9.17, 15) is 61.0 Å². The maximum atomic E-state index is 13.5. The van der Waals surface area contributed by atoms with Crippen molar-refractivity contribution in [3.63, 3.8) is 0 Å². The molecule has 19 heteroatoms. The Morgan fingerprint density at radius 3 is 0.962 bits per heavy atom. The molecule has 3 heterocycles. The third-order valence-electron chi connectivity index (χ3n) is 21.7. The topological polar surface area (TPSA) is 307 Å². The number of carbonyl (C=O) groups is 1. The molecule has 1 amide bonds. The van der Waals surface area contributed by atoms with E-state index in [1.54, 1.807) is 6.08 Å². The van der Waals surface area contributed by atoms with Crippen molar-refractivity contribution in [3.05, 3.63) is 36.5 Å². The van der Waals surface area contributed by atoms with Gasteiger partial charge in [0.05, 0.1) is 38.6 Å². The smallest absolute Gasteiger partial charge is 0.220 e. The Labute approximate surface area is 631 Å². The minimum atomic E-state index is -1.98. The van der Waals surface area contributed by atoms with Gasteiger partial charge in [0, 0.05) is 6.42 Å². The second-order valence-electron chi connectivity index (χ2n) is 31.0. The van der Waals surface area contributed by atoms with Gasteiger partial charge in [-0.3, -0.25) is 4.79 Å². The summed E-state index contributed by atoms with van der Waals surface area (Å²) in [5.41, 5.74) is 0. The molecule has 0 aromatic heterocycles. The lowest BCUT2D eigenvalue weighted by Gasteiger charge is -2.48. The van der Waals surface area contributed by atoms with Crippen LogP contribution in [-0.4, -0.2) is 193 Å². The van der Waals surface area contributed by atoms with Gasteiger partial charge < -0.3 is 89.9 Å². The zero-order chi connectivity index (χ0) is 75.3. The fourth-order valence-corrected chi connectivity index (χ4v) is 14.8. The summed E-state index contributed by atoms with van der Waals surface area (Å²) in [5, 5.41) is 121. The third-order valence-corrected chi connectivity index (χ3v) is 21.7. The first-order chi connectivity index (χ1) is 50.8. The quantitative estimate of drug-likeness (QED) is 0.0199. The van der Waals surface area contributed by atoms with E-state index in [4.69, 9.17) is 28.4 Å². The average molecular weight is 1480 g/mol. The molecule has 19 nitrogen and oxygen atoms in total. The molecule has 17 unspecified atom stereocenters. The van der Waals surface area contributed by atoms with Gasteiger partial charge in [0.1, 0.15) is 73.2 Å². The molecule has 0 bridgehead atoms. The number of aliphatic hydroxyl groups excluding tert-OH is 11. The number of ether oxygens (including phenoxy) is 6. The highest BCUT2D eigenvalue weighted by Gasteiger charge is 2.54. The molecule has 0 aliphatic carbocycles. The van der Waals surface area contributed by atoms with Crippen molar-refractivity contribution in [1.82, 2.24) is 5.32 Å². The van der Waals surface area contributed by atoms with Crippen molar-refractivity contribution in [3.8, 4) is 0 Å². The van der Waals surface area contributed by atoms with Gasteiger partial charge >= 0.3 is 0 Å². The lowest BCUT2D eigenvalue weighted by molar-refractivity contribution is -0.379. The molecule has 17 atom stereocenters. The molecule has 0 saturated carbocycles. The van der Waals surface area contributed by atoms with Gasteiger partial charge in [-0.1, -0.05) is 352 Å². The van der Waals surface area contributed by atoms with Crippen molar-refractivity contribution >= 4 is 5.91 Å². The van der Waals surface area contributed by atoms with E-state index in [0.29, 0.717) is 12.8 Å². The van der Waals surface area contributed by atoms with E-state index in [2.05, 4.69) is 43.5 Å². The molecule has 12 N–H and O–H groups in total. The van der Waals surface area contributed by atoms with Gasteiger partial charge in [-0.05, 0) is 44.9 Å². The van der Waals surface area contributed by atoms with Gasteiger partial charge in [0.2, 0.25) is 5.91 Å². The van der Waals surface area contributed by atoms with Gasteiger partial charge in [0.25, 0.3) is 0 Å². The SMILES string of the molecule is CCCCCCCCCCCCCCC/C=C/CC/C=C/CC/C=C/C(O)C(COC1OC(CO)C(OC2OC(CO)C(OC3OC(CO)C(O)C(O)C3O)C(O)C2O)C(O)C1O)NC(=O)CCCCCCCCCCCCCCCCCCCCCCCCCCCCCCCCCCCCCC. The zero-order valence-electron chi connectivity index (χ0n) is 65.8. The van der Waals surface area contributed by atoms with E-state index in [1.807, 2.05) is 6.08 Å². The molecule has 0 aromatic carbocycles. The maximum Gasteiger partial charge on any atom is 0.220 e. The summed E-state index contributed by atoms with van der Waals surface area (Å²) in [6.45, 7) is 1.77. The van der Waals surface area contributed by atoms with Crippen LogP contribution in [0, 0.1) is 0 Å². The molecule has 3 aliphatic rings. The van der Waals surface area contributed by atoms with Crippen molar-refractivity contribution in [2.45, 2.75) is 471 Å². The standard InChI is InChI=1S/C85H159NO18/c1-3-5-7-9-11-13-15-17-19-21-23-25-27-28-29-30-31-32-33-34-35-36-37-38-39-41-43-45-47-49-51-53-55-57-59-61-63-73(91)86-68(69(90)62-60-58-56-54-52-50-48-46-44-42-40-26-24-22-20-18-16-14-12-10-8-6-4-2)67-99-83-79(97)76(94)81(71(65-88)101-83)104-85-80(98)77(95)82(72(66-89)102-85)103-84-78(96)75(93)74(92)70(64-87)100-84/h44,46,52,54,60,62,68-72,74-85,87-90,92-98H,3-43,45,47-51,53,55-59,61,63-67H2,1-2H3,(H,86,91)/b46-44+,54-52+,62-60+. The summed E-state index contributed by atoms with van der Waals surface area (Å²) in [5.74, 6) is -0.282. The minimum Gasteiger partial charge on any atom is -0.394 e. The van der Waals surface area contributed by atoms with E-state index in [0.717, 1.165) is 44.9 Å². The molecule has 104 heavy (non-hydrogen) atoms. The van der Waals surface area contributed by atoms with Gasteiger partial charge in [0.15, 0.2) is 18.9 Å². The molecule has 3 fully saturated rings. The number of unbranched alkanes of at least 4 members (excludes halogenated alkanes) is 50. The second kappa shape index (κ2) is 65.7. The predicted molar refractivity (Wildman–Crippen MR) is 416 cm³/mol. The first kappa shape index (κ1) is 96.2. The van der Waals surface area contributed by atoms with E-state index in [-0.39, 0.29) is 18.9 Å². The number of amides is 1. The van der Waals surface area contributed by atoms with Gasteiger partial charge in [-0.25, -0.2) is 0 Å². The zero-order valence-corrected chi connectivity index (χ0v) is 65.8. The van der Waals surface area contributed by atoms with Crippen LogP contribution in [0.4, 0.5) is 0 Å². The fraction of sp³-hybridized carbons (Fsp3) is 0.918. The Balaban J connectivity index is 1.33. The number of hydrogen-bond acceptors (Lipinski definition) is 18. The van der Waals surface area contributed by atoms with Crippen LogP contribution in [0.5, 0.6) is 0 Å². The van der Waals surface area contributed by atoms with Crippen LogP contribution in [0.15, 0.2) is 36.5 Å². The van der Waals surface area contributed by atoms with Crippen LogP contribution in [0.3, 0.4) is 0 Å². The molecule has 612 valence electrons. The largest absolute Gasteiger partial charge is 0.394 e. The first-order valence-electron chi connectivity index (χ1n) is 43.2. The summed E-state index contributed by atoms with van der Waals surface area (Å²) in [6.07, 6.45) is 55.9. The number of allylic oxidation sites excluding steroid dienone is 5. The average Bonchev–Trinajstić information content (AvgIpc) is 0.783. The van der Waals surface area contributed by atoms with Crippen LogP contribution < -0.4 is 5.32 Å². The van der Waals surface area contributed by atoms with Crippen LogP contribution >= 0.6 is 0 Å². The molecule has 0 radical (unpaired) electrons. The van der Waals surface area contributed by atoms with Crippen LogP contribution in [-0.2, 0) is 33.2 Å². The molecule has 3 aliphatic heterocycles. The third kappa shape index (κ3) is 44.8. The van der Waals surface area contributed by atoms with Crippen molar-refractivity contribution in [2.24, 2.45) is 0 Å². The summed E-state index contributed by atoms with van der Waals surface area (Å²) < 4.78 is 34.5. The minimum absolute atomic E-state index is 0.237. The summed E-state index contributed by atoms with van der Waals surface area (Å²) >= 11 is 0. The second-order valence-corrected chi connectivity index (χ2v) is 31.0. The van der Waals surface area contributed by atoms with E-state index < -0.39 is 124 Å². The molecular weight excluding hydrogens is 1320 g/mol. The van der Waals surface area contributed by atoms with E-state index >= 15 is 0 Å².